The maximum atomic E-state index is 12.5. The number of alkyl halides is 6. The molecule has 0 aliphatic carbocycles. The number of morpholine rings is 1. The summed E-state index contributed by atoms with van der Waals surface area (Å²) in [5.41, 5.74) is 1.38. The van der Waals surface area contributed by atoms with Crippen molar-refractivity contribution < 1.29 is 55.7 Å². The van der Waals surface area contributed by atoms with Gasteiger partial charge in [0.2, 0.25) is 5.91 Å². The fourth-order valence-electron chi connectivity index (χ4n) is 4.19. The predicted molar refractivity (Wildman–Crippen MR) is 118 cm³/mol. The summed E-state index contributed by atoms with van der Waals surface area (Å²) in [6, 6.07) is 3.06. The summed E-state index contributed by atoms with van der Waals surface area (Å²) in [5, 5.41) is 18.6. The van der Waals surface area contributed by atoms with Gasteiger partial charge in [0.1, 0.15) is 0 Å². The number of likely N-dealkylation sites (tertiary alicyclic amines) is 2. The Hall–Kier alpha value is -2.43. The first-order chi connectivity index (χ1) is 17.2. The smallest absolute Gasteiger partial charge is 0.475 e. The molecule has 0 unspecified atom stereocenters. The number of carbonyl (C=O) groups is 3. The summed E-state index contributed by atoms with van der Waals surface area (Å²) in [4.78, 5) is 37.4. The molecule has 3 fully saturated rings. The van der Waals surface area contributed by atoms with Crippen LogP contribution in [0.25, 0.3) is 0 Å². The van der Waals surface area contributed by atoms with Gasteiger partial charge in [-0.2, -0.15) is 37.7 Å². The number of carboxylic acids is 2. The van der Waals surface area contributed by atoms with Crippen molar-refractivity contribution in [3.63, 3.8) is 0 Å². The first-order valence-corrected chi connectivity index (χ1v) is 12.1. The summed E-state index contributed by atoms with van der Waals surface area (Å²) in [7, 11) is 0. The SMILES string of the molecule is O=C(O)C(F)(F)F.O=C(O)C(F)(F)F.O=C1C[C@H]2[C@@H](CCN2Cc2ccsc2)N1CCN1CCOCC1. The number of amides is 1. The van der Waals surface area contributed by atoms with Gasteiger partial charge in [-0.25, -0.2) is 9.59 Å². The summed E-state index contributed by atoms with van der Waals surface area (Å²) in [6.45, 7) is 7.64. The quantitative estimate of drug-likeness (QED) is 0.526. The van der Waals surface area contributed by atoms with Crippen LogP contribution >= 0.6 is 11.3 Å². The van der Waals surface area contributed by atoms with Crippen molar-refractivity contribution in [2.75, 3.05) is 45.9 Å². The normalized spacial score (nSPS) is 22.5. The molecule has 3 saturated heterocycles. The summed E-state index contributed by atoms with van der Waals surface area (Å²) >= 11 is 1.75. The number of carboxylic acid groups (broad SMARTS) is 2. The molecule has 3 aliphatic heterocycles. The summed E-state index contributed by atoms with van der Waals surface area (Å²) < 4.78 is 68.9. The van der Waals surface area contributed by atoms with E-state index in [0.717, 1.165) is 58.9 Å². The van der Waals surface area contributed by atoms with E-state index < -0.39 is 24.3 Å². The van der Waals surface area contributed by atoms with Crippen LogP contribution in [-0.2, 0) is 25.7 Å². The van der Waals surface area contributed by atoms with E-state index in [1.165, 1.54) is 5.56 Å². The van der Waals surface area contributed by atoms with Gasteiger partial charge in [0.05, 0.1) is 13.2 Å². The van der Waals surface area contributed by atoms with Crippen molar-refractivity contribution >= 4 is 29.2 Å². The molecule has 1 aromatic heterocycles. The number of aliphatic carboxylic acids is 2. The highest BCUT2D eigenvalue weighted by atomic mass is 32.1. The molecule has 3 aliphatic rings. The fraction of sp³-hybridized carbons (Fsp3) is 0.667. The second-order valence-corrected chi connectivity index (χ2v) is 9.16. The largest absolute Gasteiger partial charge is 0.490 e. The molecule has 9 nitrogen and oxygen atoms in total. The van der Waals surface area contributed by atoms with Gasteiger partial charge in [0, 0.05) is 57.8 Å². The Kier molecular flexibility index (Phi) is 11.1. The van der Waals surface area contributed by atoms with Crippen LogP contribution in [0.3, 0.4) is 0 Å². The fourth-order valence-corrected chi connectivity index (χ4v) is 4.85. The van der Waals surface area contributed by atoms with E-state index in [1.807, 2.05) is 0 Å². The van der Waals surface area contributed by atoms with E-state index in [4.69, 9.17) is 24.5 Å². The Balaban J connectivity index is 0.000000286. The summed E-state index contributed by atoms with van der Waals surface area (Å²) in [5.74, 6) is -5.16. The van der Waals surface area contributed by atoms with E-state index in [1.54, 1.807) is 11.3 Å². The van der Waals surface area contributed by atoms with Gasteiger partial charge < -0.3 is 19.8 Å². The molecule has 2 N–H and O–H groups in total. The van der Waals surface area contributed by atoms with Crippen LogP contribution in [0.4, 0.5) is 26.3 Å². The number of thiophene rings is 1. The van der Waals surface area contributed by atoms with Crippen molar-refractivity contribution in [2.24, 2.45) is 0 Å². The minimum atomic E-state index is -5.08. The van der Waals surface area contributed by atoms with Crippen LogP contribution < -0.4 is 0 Å². The first kappa shape index (κ1) is 30.8. The van der Waals surface area contributed by atoms with E-state index in [-0.39, 0.29) is 0 Å². The van der Waals surface area contributed by atoms with Gasteiger partial charge in [-0.05, 0) is 28.8 Å². The van der Waals surface area contributed by atoms with Crippen LogP contribution in [0, 0.1) is 0 Å². The molecular formula is C21H27F6N3O6S. The lowest BCUT2D eigenvalue weighted by molar-refractivity contribution is -0.193. The van der Waals surface area contributed by atoms with Crippen LogP contribution in [0.1, 0.15) is 18.4 Å². The maximum Gasteiger partial charge on any atom is 0.490 e. The van der Waals surface area contributed by atoms with Crippen LogP contribution in [0.5, 0.6) is 0 Å². The van der Waals surface area contributed by atoms with Crippen molar-refractivity contribution in [3.05, 3.63) is 22.4 Å². The molecule has 0 spiro atoms. The first-order valence-electron chi connectivity index (χ1n) is 11.1. The Morgan fingerprint density at radius 3 is 2.03 bits per heavy atom. The third kappa shape index (κ3) is 9.75. The van der Waals surface area contributed by atoms with Gasteiger partial charge in [-0.3, -0.25) is 14.6 Å². The number of nitrogens with zero attached hydrogens (tertiary/aromatic N) is 3. The lowest BCUT2D eigenvalue weighted by Gasteiger charge is -2.30. The molecular weight excluding hydrogens is 536 g/mol. The zero-order valence-corrected chi connectivity index (χ0v) is 20.3. The minimum Gasteiger partial charge on any atom is -0.475 e. The Bertz CT molecular complexity index is 868. The molecule has 0 aromatic carbocycles. The second-order valence-electron chi connectivity index (χ2n) is 8.38. The predicted octanol–water partition coefficient (Wildman–Crippen LogP) is 2.52. The monoisotopic (exact) mass is 563 g/mol. The zero-order chi connectivity index (χ0) is 27.8. The van der Waals surface area contributed by atoms with Crippen molar-refractivity contribution in [2.45, 2.75) is 43.8 Å². The van der Waals surface area contributed by atoms with Crippen molar-refractivity contribution in [1.29, 1.82) is 0 Å². The molecule has 0 radical (unpaired) electrons. The molecule has 37 heavy (non-hydrogen) atoms. The van der Waals surface area contributed by atoms with E-state index in [0.29, 0.717) is 24.4 Å². The number of carbonyl (C=O) groups excluding carboxylic acids is 1. The van der Waals surface area contributed by atoms with Gasteiger partial charge in [0.25, 0.3) is 0 Å². The molecule has 0 saturated carbocycles. The van der Waals surface area contributed by atoms with Crippen LogP contribution in [-0.4, -0.2) is 113 Å². The highest BCUT2D eigenvalue weighted by molar-refractivity contribution is 7.07. The minimum absolute atomic E-state index is 0.350. The van der Waals surface area contributed by atoms with E-state index in [9.17, 15) is 31.1 Å². The Labute approximate surface area is 212 Å². The van der Waals surface area contributed by atoms with Gasteiger partial charge >= 0.3 is 24.3 Å². The van der Waals surface area contributed by atoms with E-state index >= 15 is 0 Å². The maximum absolute atomic E-state index is 12.5. The average molecular weight is 564 g/mol. The highest BCUT2D eigenvalue weighted by Crippen LogP contribution is 2.33. The number of hydrogen-bond donors (Lipinski definition) is 2. The number of rotatable bonds is 5. The summed E-state index contributed by atoms with van der Waals surface area (Å²) in [6.07, 6.45) is -8.33. The molecule has 2 atom stereocenters. The number of hydrogen-bond acceptors (Lipinski definition) is 7. The van der Waals surface area contributed by atoms with Gasteiger partial charge in [-0.1, -0.05) is 0 Å². The van der Waals surface area contributed by atoms with E-state index in [2.05, 4.69) is 31.5 Å². The van der Waals surface area contributed by atoms with Crippen LogP contribution in [0.2, 0.25) is 0 Å². The zero-order valence-electron chi connectivity index (χ0n) is 19.5. The molecule has 4 heterocycles. The molecule has 210 valence electrons. The average Bonchev–Trinajstić information content (AvgIpc) is 3.52. The van der Waals surface area contributed by atoms with Gasteiger partial charge in [0.15, 0.2) is 0 Å². The molecule has 1 amide bonds. The van der Waals surface area contributed by atoms with Gasteiger partial charge in [-0.15, -0.1) is 0 Å². The molecule has 0 bridgehead atoms. The number of fused-ring (bicyclic) bond motifs is 1. The third-order valence-electron chi connectivity index (χ3n) is 5.94. The lowest BCUT2D eigenvalue weighted by Crippen LogP contribution is -2.44. The Morgan fingerprint density at radius 2 is 1.54 bits per heavy atom. The van der Waals surface area contributed by atoms with Crippen LogP contribution in [0.15, 0.2) is 16.8 Å². The highest BCUT2D eigenvalue weighted by Gasteiger charge is 2.46. The lowest BCUT2D eigenvalue weighted by atomic mass is 10.1. The second kappa shape index (κ2) is 13.4. The molecule has 4 rings (SSSR count). The number of ether oxygens (including phenoxy) is 1. The topological polar surface area (TPSA) is 111 Å². The molecule has 16 heteroatoms. The van der Waals surface area contributed by atoms with Crippen molar-refractivity contribution in [1.82, 2.24) is 14.7 Å². The Morgan fingerprint density at radius 1 is 0.973 bits per heavy atom. The molecule has 1 aromatic rings. The van der Waals surface area contributed by atoms with Crippen molar-refractivity contribution in [3.8, 4) is 0 Å². The standard InChI is InChI=1S/C17H25N3O2S.2C2HF3O2/c21-17-11-16-15(1-3-19(16)12-14-2-10-23-13-14)20(17)5-4-18-6-8-22-9-7-18;2*3-2(4,5)1(6)7/h2,10,13,15-16H,1,3-9,11-12H2;2*(H,6,7)/t15-,16+;;/m1../s1. The third-order valence-corrected chi connectivity index (χ3v) is 6.67. The number of halogens is 6.